The number of aromatic nitrogens is 3. The molecule has 4 nitrogen and oxygen atoms in total. The molecule has 0 aliphatic heterocycles. The number of rotatable bonds is 6. The summed E-state index contributed by atoms with van der Waals surface area (Å²) in [5.41, 5.74) is 3.38. The maximum absolute atomic E-state index is 5.84. The molecule has 2 heterocycles. The molecule has 0 saturated heterocycles. The average molecular weight is 313 g/mol. The van der Waals surface area contributed by atoms with Gasteiger partial charge in [0.25, 0.3) is 0 Å². The highest BCUT2D eigenvalue weighted by molar-refractivity contribution is 6.76. The predicted molar refractivity (Wildman–Crippen MR) is 93.6 cm³/mol. The quantitative estimate of drug-likeness (QED) is 0.543. The maximum Gasteiger partial charge on any atom is 0.124 e. The van der Waals surface area contributed by atoms with Crippen LogP contribution >= 0.6 is 0 Å². The van der Waals surface area contributed by atoms with Gasteiger partial charge in [0.2, 0.25) is 0 Å². The fourth-order valence-electron chi connectivity index (χ4n) is 2.41. The lowest BCUT2D eigenvalue weighted by atomic mass is 10.1. The highest BCUT2D eigenvalue weighted by atomic mass is 28.3. The van der Waals surface area contributed by atoms with Crippen molar-refractivity contribution < 1.29 is 4.74 Å². The number of benzene rings is 1. The number of fused-ring (bicyclic) bond motifs is 1. The molecule has 0 amide bonds. The first-order valence-electron chi connectivity index (χ1n) is 7.68. The van der Waals surface area contributed by atoms with E-state index in [4.69, 9.17) is 4.74 Å². The second kappa shape index (κ2) is 6.10. The van der Waals surface area contributed by atoms with Crippen LogP contribution in [0.5, 0.6) is 0 Å². The topological polar surface area (TPSA) is 42.8 Å². The summed E-state index contributed by atoms with van der Waals surface area (Å²) < 4.78 is 7.90. The molecule has 0 aliphatic rings. The Morgan fingerprint density at radius 1 is 1.23 bits per heavy atom. The smallest absolute Gasteiger partial charge is 0.124 e. The highest BCUT2D eigenvalue weighted by Crippen LogP contribution is 2.23. The number of hydrogen-bond acceptors (Lipinski definition) is 2. The largest absolute Gasteiger partial charge is 0.361 e. The first kappa shape index (κ1) is 15.1. The van der Waals surface area contributed by atoms with E-state index in [1.54, 1.807) is 0 Å². The second-order valence-corrected chi connectivity index (χ2v) is 12.5. The zero-order chi connectivity index (χ0) is 15.6. The summed E-state index contributed by atoms with van der Waals surface area (Å²) in [5, 5.41) is 1.22. The third-order valence-corrected chi connectivity index (χ3v) is 5.49. The van der Waals surface area contributed by atoms with Crippen molar-refractivity contribution >= 4 is 19.0 Å². The van der Waals surface area contributed by atoms with Crippen LogP contribution in [0.25, 0.3) is 22.2 Å². The SMILES string of the molecule is C[Si](C)(C)CCOCn1cncc1-c1ccc2cc[nH]c2c1. The number of aromatic amines is 1. The summed E-state index contributed by atoms with van der Waals surface area (Å²) >= 11 is 0. The third-order valence-electron chi connectivity index (χ3n) is 3.79. The summed E-state index contributed by atoms with van der Waals surface area (Å²) in [7, 11) is -1.03. The molecule has 0 bridgehead atoms. The molecule has 0 aliphatic carbocycles. The minimum absolute atomic E-state index is 0.558. The van der Waals surface area contributed by atoms with E-state index in [9.17, 15) is 0 Å². The minimum atomic E-state index is -1.03. The van der Waals surface area contributed by atoms with Crippen LogP contribution in [0.2, 0.25) is 25.7 Å². The summed E-state index contributed by atoms with van der Waals surface area (Å²) in [6.45, 7) is 8.48. The lowest BCUT2D eigenvalue weighted by Crippen LogP contribution is -2.22. The third kappa shape index (κ3) is 3.48. The molecule has 2 aromatic heterocycles. The maximum atomic E-state index is 5.84. The van der Waals surface area contributed by atoms with Gasteiger partial charge in [-0.05, 0) is 23.6 Å². The van der Waals surface area contributed by atoms with Crippen molar-refractivity contribution in [3.8, 4) is 11.3 Å². The molecular formula is C17H23N3OSi. The van der Waals surface area contributed by atoms with Gasteiger partial charge in [-0.3, -0.25) is 0 Å². The Balaban J connectivity index is 1.71. The number of nitrogens with one attached hydrogen (secondary N) is 1. The minimum Gasteiger partial charge on any atom is -0.361 e. The lowest BCUT2D eigenvalue weighted by Gasteiger charge is -2.16. The van der Waals surface area contributed by atoms with Gasteiger partial charge in [0.15, 0.2) is 0 Å². The summed E-state index contributed by atoms with van der Waals surface area (Å²) in [4.78, 5) is 7.53. The molecule has 3 aromatic rings. The van der Waals surface area contributed by atoms with E-state index < -0.39 is 8.07 Å². The van der Waals surface area contributed by atoms with Gasteiger partial charge in [0.1, 0.15) is 6.73 Å². The van der Waals surface area contributed by atoms with E-state index >= 15 is 0 Å². The molecule has 22 heavy (non-hydrogen) atoms. The van der Waals surface area contributed by atoms with Crippen LogP contribution < -0.4 is 0 Å². The molecule has 3 rings (SSSR count). The summed E-state index contributed by atoms with van der Waals surface area (Å²) in [5.74, 6) is 0. The Labute approximate surface area is 132 Å². The summed E-state index contributed by atoms with van der Waals surface area (Å²) in [6.07, 6.45) is 5.69. The van der Waals surface area contributed by atoms with Gasteiger partial charge in [-0.1, -0.05) is 31.8 Å². The molecule has 1 aromatic carbocycles. The molecule has 0 atom stereocenters. The summed E-state index contributed by atoms with van der Waals surface area (Å²) in [6, 6.07) is 9.68. The Kier molecular flexibility index (Phi) is 4.18. The molecule has 0 saturated carbocycles. The van der Waals surface area contributed by atoms with Crippen LogP contribution in [0.15, 0.2) is 43.0 Å². The van der Waals surface area contributed by atoms with Crippen molar-refractivity contribution in [2.75, 3.05) is 6.61 Å². The van der Waals surface area contributed by atoms with Gasteiger partial charge in [0, 0.05) is 32.0 Å². The predicted octanol–water partition coefficient (Wildman–Crippen LogP) is 4.34. The van der Waals surface area contributed by atoms with E-state index in [1.165, 1.54) is 11.4 Å². The number of H-pyrrole nitrogens is 1. The normalized spacial score (nSPS) is 12.1. The fourth-order valence-corrected chi connectivity index (χ4v) is 3.17. The van der Waals surface area contributed by atoms with Crippen LogP contribution in [0, 0.1) is 0 Å². The number of imidazole rings is 1. The second-order valence-electron chi connectivity index (χ2n) is 6.88. The van der Waals surface area contributed by atoms with E-state index in [1.807, 2.05) is 18.7 Å². The van der Waals surface area contributed by atoms with Crippen molar-refractivity contribution in [2.45, 2.75) is 32.4 Å². The standard InChI is InChI=1S/C17H23N3OSi/c1-22(2,3)9-8-21-13-20-12-18-11-17(20)15-5-4-14-6-7-19-16(14)10-15/h4-7,10-12,19H,8-9,13H2,1-3H3. The molecule has 5 heteroatoms. The first-order chi connectivity index (χ1) is 10.5. The van der Waals surface area contributed by atoms with E-state index in [2.05, 4.69) is 58.4 Å². The first-order valence-corrected chi connectivity index (χ1v) is 11.4. The number of ether oxygens (including phenoxy) is 1. The van der Waals surface area contributed by atoms with Gasteiger partial charge >= 0.3 is 0 Å². The van der Waals surface area contributed by atoms with Crippen LogP contribution in [0.4, 0.5) is 0 Å². The lowest BCUT2D eigenvalue weighted by molar-refractivity contribution is 0.0882. The van der Waals surface area contributed by atoms with Crippen molar-refractivity contribution in [1.29, 1.82) is 0 Å². The monoisotopic (exact) mass is 313 g/mol. The Morgan fingerprint density at radius 3 is 2.91 bits per heavy atom. The van der Waals surface area contributed by atoms with E-state index in [0.29, 0.717) is 6.73 Å². The van der Waals surface area contributed by atoms with Gasteiger partial charge in [-0.15, -0.1) is 0 Å². The number of hydrogen-bond donors (Lipinski definition) is 1. The number of nitrogens with zero attached hydrogens (tertiary/aromatic N) is 2. The fraction of sp³-hybridized carbons (Fsp3) is 0.353. The zero-order valence-corrected chi connectivity index (χ0v) is 14.5. The Hall–Kier alpha value is -1.85. The van der Waals surface area contributed by atoms with Gasteiger partial charge in [-0.2, -0.15) is 0 Å². The molecule has 0 unspecified atom stereocenters. The van der Waals surface area contributed by atoms with Crippen LogP contribution in [-0.4, -0.2) is 29.2 Å². The zero-order valence-electron chi connectivity index (χ0n) is 13.5. The van der Waals surface area contributed by atoms with Crippen LogP contribution in [-0.2, 0) is 11.5 Å². The molecular weight excluding hydrogens is 290 g/mol. The van der Waals surface area contributed by atoms with Crippen molar-refractivity contribution in [1.82, 2.24) is 14.5 Å². The van der Waals surface area contributed by atoms with Crippen LogP contribution in [0.1, 0.15) is 0 Å². The molecule has 0 radical (unpaired) electrons. The average Bonchev–Trinajstić information content (AvgIpc) is 3.10. The van der Waals surface area contributed by atoms with Gasteiger partial charge in [-0.25, -0.2) is 4.98 Å². The molecule has 116 valence electrons. The Morgan fingerprint density at radius 2 is 2.09 bits per heavy atom. The molecule has 1 N–H and O–H groups in total. The molecule has 0 fully saturated rings. The van der Waals surface area contributed by atoms with Gasteiger partial charge < -0.3 is 14.3 Å². The van der Waals surface area contributed by atoms with Crippen molar-refractivity contribution in [3.63, 3.8) is 0 Å². The van der Waals surface area contributed by atoms with E-state index in [0.717, 1.165) is 23.4 Å². The van der Waals surface area contributed by atoms with Crippen molar-refractivity contribution in [2.24, 2.45) is 0 Å². The molecule has 0 spiro atoms. The van der Waals surface area contributed by atoms with E-state index in [-0.39, 0.29) is 0 Å². The Bertz CT molecular complexity index is 754. The van der Waals surface area contributed by atoms with Gasteiger partial charge in [0.05, 0.1) is 18.2 Å². The van der Waals surface area contributed by atoms with Crippen LogP contribution in [0.3, 0.4) is 0 Å². The highest BCUT2D eigenvalue weighted by Gasteiger charge is 2.12. The van der Waals surface area contributed by atoms with Crippen molar-refractivity contribution in [3.05, 3.63) is 43.0 Å².